The van der Waals surface area contributed by atoms with Crippen molar-refractivity contribution in [1.29, 1.82) is 0 Å². The van der Waals surface area contributed by atoms with Gasteiger partial charge in [0.1, 0.15) is 6.10 Å². The first kappa shape index (κ1) is 19.9. The second kappa shape index (κ2) is 12.3. The number of rotatable bonds is 13. The molecule has 0 N–H and O–H groups in total. The van der Waals surface area contributed by atoms with E-state index in [1.165, 1.54) is 19.3 Å². The molecule has 0 aromatic rings. The average molecular weight is 316 g/mol. The number of unbranched alkanes of at least 4 members (excludes halogenated alkanes) is 2. The minimum Gasteiger partial charge on any atom is -0.379 e. The lowest BCUT2D eigenvalue weighted by Crippen LogP contribution is -2.40. The van der Waals surface area contributed by atoms with Gasteiger partial charge in [-0.15, -0.1) is 0 Å². The predicted octanol–water partition coefficient (Wildman–Crippen LogP) is 4.31. The third-order valence-electron chi connectivity index (χ3n) is 4.32. The molecule has 1 fully saturated rings. The lowest BCUT2D eigenvalue weighted by molar-refractivity contribution is -0.252. The molecule has 132 valence electrons. The van der Waals surface area contributed by atoms with Crippen molar-refractivity contribution < 1.29 is 18.9 Å². The van der Waals surface area contributed by atoms with Gasteiger partial charge in [-0.25, -0.2) is 0 Å². The first-order valence-corrected chi connectivity index (χ1v) is 9.14. The van der Waals surface area contributed by atoms with E-state index in [1.54, 1.807) is 7.11 Å². The summed E-state index contributed by atoms with van der Waals surface area (Å²) >= 11 is 0. The molecule has 0 aromatic carbocycles. The van der Waals surface area contributed by atoms with Crippen LogP contribution in [0.2, 0.25) is 0 Å². The van der Waals surface area contributed by atoms with Crippen LogP contribution >= 0.6 is 0 Å². The van der Waals surface area contributed by atoms with Crippen LogP contribution in [-0.2, 0) is 18.9 Å². The molecule has 0 aliphatic heterocycles. The van der Waals surface area contributed by atoms with E-state index in [1.807, 2.05) is 0 Å². The molecule has 0 aromatic heterocycles. The maximum absolute atomic E-state index is 6.14. The maximum atomic E-state index is 6.14. The van der Waals surface area contributed by atoms with Gasteiger partial charge >= 0.3 is 0 Å². The van der Waals surface area contributed by atoms with E-state index in [-0.39, 0.29) is 6.10 Å². The van der Waals surface area contributed by atoms with Crippen LogP contribution in [0.25, 0.3) is 0 Å². The lowest BCUT2D eigenvalue weighted by atomic mass is 9.94. The van der Waals surface area contributed by atoms with Crippen molar-refractivity contribution in [3.8, 4) is 0 Å². The van der Waals surface area contributed by atoms with E-state index >= 15 is 0 Å². The highest BCUT2D eigenvalue weighted by Crippen LogP contribution is 2.32. The van der Waals surface area contributed by atoms with E-state index < -0.39 is 5.79 Å². The van der Waals surface area contributed by atoms with Crippen LogP contribution in [0.4, 0.5) is 0 Å². The third-order valence-corrected chi connectivity index (χ3v) is 4.32. The van der Waals surface area contributed by atoms with Gasteiger partial charge in [0.25, 0.3) is 0 Å². The van der Waals surface area contributed by atoms with E-state index in [9.17, 15) is 0 Å². The molecule has 1 unspecified atom stereocenters. The van der Waals surface area contributed by atoms with Crippen molar-refractivity contribution in [2.45, 2.75) is 83.5 Å². The largest absolute Gasteiger partial charge is 0.379 e. The SMILES string of the molecule is CCCCOCC(COC1(OC)CCCCC1)OCCCC. The van der Waals surface area contributed by atoms with Crippen molar-refractivity contribution in [1.82, 2.24) is 0 Å². The Bertz CT molecular complexity index is 251. The van der Waals surface area contributed by atoms with E-state index in [4.69, 9.17) is 18.9 Å². The molecular formula is C18H36O4. The van der Waals surface area contributed by atoms with E-state index in [2.05, 4.69) is 13.8 Å². The quantitative estimate of drug-likeness (QED) is 0.375. The molecule has 1 rings (SSSR count). The summed E-state index contributed by atoms with van der Waals surface area (Å²) in [6.45, 7) is 7.11. The molecule has 22 heavy (non-hydrogen) atoms. The molecule has 4 heteroatoms. The van der Waals surface area contributed by atoms with Crippen LogP contribution in [0.3, 0.4) is 0 Å². The van der Waals surface area contributed by atoms with Crippen molar-refractivity contribution in [3.05, 3.63) is 0 Å². The molecule has 0 heterocycles. The molecule has 0 radical (unpaired) electrons. The van der Waals surface area contributed by atoms with Crippen molar-refractivity contribution in [2.75, 3.05) is 33.5 Å². The number of ether oxygens (including phenoxy) is 4. The van der Waals surface area contributed by atoms with Crippen LogP contribution in [0.15, 0.2) is 0 Å². The summed E-state index contributed by atoms with van der Waals surface area (Å²) in [5.41, 5.74) is 0. The highest BCUT2D eigenvalue weighted by molar-refractivity contribution is 4.75. The first-order chi connectivity index (χ1) is 10.8. The Labute approximate surface area is 136 Å². The minimum atomic E-state index is -0.395. The Balaban J connectivity index is 2.36. The zero-order chi connectivity index (χ0) is 16.1. The van der Waals surface area contributed by atoms with Crippen molar-refractivity contribution in [3.63, 3.8) is 0 Å². The van der Waals surface area contributed by atoms with Gasteiger partial charge < -0.3 is 18.9 Å². The highest BCUT2D eigenvalue weighted by atomic mass is 16.7. The van der Waals surface area contributed by atoms with Gasteiger partial charge in [0, 0.05) is 33.2 Å². The summed E-state index contributed by atoms with van der Waals surface area (Å²) in [5, 5.41) is 0. The van der Waals surface area contributed by atoms with Crippen LogP contribution in [0.1, 0.15) is 71.6 Å². The van der Waals surface area contributed by atoms with Crippen LogP contribution in [-0.4, -0.2) is 45.4 Å². The number of methoxy groups -OCH3 is 1. The Morgan fingerprint density at radius 3 is 2.23 bits per heavy atom. The second-order valence-corrected chi connectivity index (χ2v) is 6.26. The molecule has 0 amide bonds. The zero-order valence-electron chi connectivity index (χ0n) is 14.9. The minimum absolute atomic E-state index is 0.0114. The summed E-state index contributed by atoms with van der Waals surface area (Å²) in [6.07, 6.45) is 10.1. The normalized spacial score (nSPS) is 19.2. The summed E-state index contributed by atoms with van der Waals surface area (Å²) in [7, 11) is 1.76. The predicted molar refractivity (Wildman–Crippen MR) is 89.2 cm³/mol. The summed E-state index contributed by atoms with van der Waals surface area (Å²) in [6, 6.07) is 0. The second-order valence-electron chi connectivity index (χ2n) is 6.26. The van der Waals surface area contributed by atoms with Gasteiger partial charge in [-0.1, -0.05) is 33.1 Å². The zero-order valence-corrected chi connectivity index (χ0v) is 14.9. The fourth-order valence-electron chi connectivity index (χ4n) is 2.74. The Hall–Kier alpha value is -0.160. The third kappa shape index (κ3) is 7.91. The fraction of sp³-hybridized carbons (Fsp3) is 1.00. The average Bonchev–Trinajstić information content (AvgIpc) is 2.57. The maximum Gasteiger partial charge on any atom is 0.168 e. The summed E-state index contributed by atoms with van der Waals surface area (Å²) in [4.78, 5) is 0. The Kier molecular flexibility index (Phi) is 11.1. The topological polar surface area (TPSA) is 36.9 Å². The molecule has 0 spiro atoms. The summed E-state index contributed by atoms with van der Waals surface area (Å²) < 4.78 is 23.5. The van der Waals surface area contributed by atoms with Gasteiger partial charge in [0.2, 0.25) is 0 Å². The van der Waals surface area contributed by atoms with Gasteiger partial charge in [-0.3, -0.25) is 0 Å². The molecule has 1 aliphatic carbocycles. The molecule has 0 saturated heterocycles. The molecule has 0 bridgehead atoms. The van der Waals surface area contributed by atoms with E-state index in [0.717, 1.165) is 51.7 Å². The molecule has 4 nitrogen and oxygen atoms in total. The smallest absolute Gasteiger partial charge is 0.168 e. The Morgan fingerprint density at radius 2 is 1.59 bits per heavy atom. The standard InChI is InChI=1S/C18H36O4/c1-4-6-13-20-15-17(21-14-7-5-2)16-22-18(19-3)11-9-8-10-12-18/h17H,4-16H2,1-3H3. The molecular weight excluding hydrogens is 280 g/mol. The molecule has 1 saturated carbocycles. The highest BCUT2D eigenvalue weighted by Gasteiger charge is 2.33. The first-order valence-electron chi connectivity index (χ1n) is 9.14. The van der Waals surface area contributed by atoms with Gasteiger partial charge in [0.15, 0.2) is 5.79 Å². The van der Waals surface area contributed by atoms with Crippen molar-refractivity contribution >= 4 is 0 Å². The van der Waals surface area contributed by atoms with Gasteiger partial charge in [0.05, 0.1) is 13.2 Å². The number of hydrogen-bond acceptors (Lipinski definition) is 4. The van der Waals surface area contributed by atoms with Gasteiger partial charge in [-0.05, 0) is 25.7 Å². The Morgan fingerprint density at radius 1 is 0.909 bits per heavy atom. The summed E-state index contributed by atoms with van der Waals surface area (Å²) in [5.74, 6) is -0.395. The monoisotopic (exact) mass is 316 g/mol. The lowest BCUT2D eigenvalue weighted by Gasteiger charge is -2.36. The molecule has 1 atom stereocenters. The van der Waals surface area contributed by atoms with Crippen molar-refractivity contribution in [2.24, 2.45) is 0 Å². The van der Waals surface area contributed by atoms with Crippen LogP contribution in [0, 0.1) is 0 Å². The van der Waals surface area contributed by atoms with Gasteiger partial charge in [-0.2, -0.15) is 0 Å². The van der Waals surface area contributed by atoms with Crippen LogP contribution < -0.4 is 0 Å². The molecule has 1 aliphatic rings. The number of hydrogen-bond donors (Lipinski definition) is 0. The van der Waals surface area contributed by atoms with Crippen LogP contribution in [0.5, 0.6) is 0 Å². The van der Waals surface area contributed by atoms with E-state index in [0.29, 0.717) is 13.2 Å². The fourth-order valence-corrected chi connectivity index (χ4v) is 2.74.